The molecule has 2 nitrogen and oxygen atoms in total. The van der Waals surface area contributed by atoms with Gasteiger partial charge in [0.1, 0.15) is 0 Å². The van der Waals surface area contributed by atoms with E-state index in [0.717, 1.165) is 0 Å². The van der Waals surface area contributed by atoms with Crippen molar-refractivity contribution in [3.63, 3.8) is 0 Å². The van der Waals surface area contributed by atoms with Crippen molar-refractivity contribution >= 4 is 16.6 Å². The maximum absolute atomic E-state index is 7.41. The van der Waals surface area contributed by atoms with Gasteiger partial charge in [0.05, 0.1) is 0 Å². The van der Waals surface area contributed by atoms with Crippen LogP contribution in [0.5, 0.6) is 0 Å². The first kappa shape index (κ1) is 34.3. The van der Waals surface area contributed by atoms with Gasteiger partial charge in [0.15, 0.2) is 0 Å². The van der Waals surface area contributed by atoms with Gasteiger partial charge in [-0.05, 0) is 0 Å². The van der Waals surface area contributed by atoms with Gasteiger partial charge < -0.3 is 24.8 Å². The topological polar surface area (TPSA) is 18.5 Å². The Hall–Kier alpha value is 0.777. The standard InChI is InChI=1S/C32H52O2Si2.2ClH.Zr/c1-31(2,3)35(7,8)33-29-21-23(25-15-11-13-17-27(25)29)19-20-24-22-30(28-18-14-12-16-26(24)28)34-36(9,10)32(4,5)6;;;/h29-30H,11-20H2,1-10H3;2*1H;/q;;;+2/p-2/t29-,30+;;;. The summed E-state index contributed by atoms with van der Waals surface area (Å²) in [7, 11) is -3.75. The fourth-order valence-electron chi connectivity index (χ4n) is 6.57. The summed E-state index contributed by atoms with van der Waals surface area (Å²) in [6, 6.07) is 0. The van der Waals surface area contributed by atoms with E-state index in [4.69, 9.17) is 8.85 Å². The van der Waals surface area contributed by atoms with Gasteiger partial charge in [-0.1, -0.05) is 0 Å². The summed E-state index contributed by atoms with van der Waals surface area (Å²) < 4.78 is 18.5. The maximum atomic E-state index is 7.41. The Morgan fingerprint density at radius 1 is 0.538 bits per heavy atom. The predicted octanol–water partition coefficient (Wildman–Crippen LogP) is 3.93. The smallest absolute Gasteiger partial charge is 1.00 e. The number of fused-ring (bicyclic) bond motifs is 2. The van der Waals surface area contributed by atoms with E-state index in [2.05, 4.69) is 67.7 Å². The number of halogens is 2. The second kappa shape index (κ2) is 12.0. The zero-order valence-electron chi connectivity index (χ0n) is 26.3. The normalized spacial score (nSPS) is 25.6. The van der Waals surface area contributed by atoms with Crippen LogP contribution in [0.25, 0.3) is 0 Å². The first-order valence-corrected chi connectivity index (χ1v) is 23.4. The molecular weight excluding hydrogens is 635 g/mol. The van der Waals surface area contributed by atoms with Crippen molar-refractivity contribution in [1.82, 2.24) is 0 Å². The number of hydrogen-bond acceptors (Lipinski definition) is 2. The largest absolute Gasteiger partial charge is 1.00 e. The van der Waals surface area contributed by atoms with Crippen molar-refractivity contribution in [2.24, 2.45) is 0 Å². The van der Waals surface area contributed by atoms with Crippen LogP contribution in [0.3, 0.4) is 0 Å². The molecule has 7 heteroatoms. The maximum Gasteiger partial charge on any atom is -1.00 e. The van der Waals surface area contributed by atoms with Crippen LogP contribution in [0.2, 0.25) is 36.3 Å². The summed E-state index contributed by atoms with van der Waals surface area (Å²) >= 11 is -1.01. The van der Waals surface area contributed by atoms with Crippen molar-refractivity contribution in [1.29, 1.82) is 0 Å². The van der Waals surface area contributed by atoms with Crippen LogP contribution in [0.1, 0.15) is 106 Å². The molecule has 0 aromatic carbocycles. The summed E-state index contributed by atoms with van der Waals surface area (Å²) in [5.74, 6) is 0. The summed E-state index contributed by atoms with van der Waals surface area (Å²) in [6.45, 7) is 24.3. The van der Waals surface area contributed by atoms with E-state index in [9.17, 15) is 0 Å². The molecule has 0 spiro atoms. The van der Waals surface area contributed by atoms with Crippen LogP contribution in [0.4, 0.5) is 0 Å². The molecule has 0 radical (unpaired) electrons. The Morgan fingerprint density at radius 2 is 0.872 bits per heavy atom. The molecule has 0 unspecified atom stereocenters. The van der Waals surface area contributed by atoms with Gasteiger partial charge in [0.2, 0.25) is 0 Å². The zero-order valence-corrected chi connectivity index (χ0v) is 32.3. The van der Waals surface area contributed by atoms with E-state index in [1.165, 1.54) is 64.2 Å². The second-order valence-electron chi connectivity index (χ2n) is 15.3. The Bertz CT molecular complexity index is 1020. The van der Waals surface area contributed by atoms with Gasteiger partial charge >= 0.3 is 243 Å². The van der Waals surface area contributed by atoms with E-state index in [1.54, 1.807) is 33.4 Å². The summed E-state index contributed by atoms with van der Waals surface area (Å²) in [4.78, 5) is 0. The van der Waals surface area contributed by atoms with Crippen LogP contribution in [-0.2, 0) is 32.1 Å². The van der Waals surface area contributed by atoms with E-state index >= 15 is 0 Å². The molecule has 2 atom stereocenters. The molecule has 4 aliphatic carbocycles. The van der Waals surface area contributed by atoms with E-state index in [-0.39, 0.29) is 34.9 Å². The summed E-state index contributed by atoms with van der Waals surface area (Å²) in [5, 5.41) is 0.488. The van der Waals surface area contributed by atoms with Crippen LogP contribution in [-0.4, -0.2) is 28.8 Å². The molecule has 0 aromatic rings. The van der Waals surface area contributed by atoms with Gasteiger partial charge in [-0.25, -0.2) is 0 Å². The molecule has 5 rings (SSSR count). The van der Waals surface area contributed by atoms with Gasteiger partial charge in [-0.2, -0.15) is 0 Å². The van der Waals surface area contributed by atoms with Crippen LogP contribution in [0.15, 0.2) is 40.0 Å². The van der Waals surface area contributed by atoms with Crippen molar-refractivity contribution in [3.8, 4) is 0 Å². The quantitative estimate of drug-likeness (QED) is 0.418. The summed E-state index contributed by atoms with van der Waals surface area (Å²) in [6.07, 6.45) is 13.7. The number of allylic oxidation sites excluding steroid dienone is 4. The molecule has 0 fully saturated rings. The van der Waals surface area contributed by atoms with E-state index < -0.39 is 39.9 Å². The third kappa shape index (κ3) is 6.23. The second-order valence-corrected chi connectivity index (χ2v) is 28.1. The van der Waals surface area contributed by atoms with Gasteiger partial charge in [0.25, 0.3) is 0 Å². The Balaban J connectivity index is 0.00000210. The average Bonchev–Trinajstić information content (AvgIpc) is 3.14. The molecule has 5 aliphatic rings. The third-order valence-corrected chi connectivity index (χ3v) is 23.9. The minimum atomic E-state index is -1.88. The molecule has 0 N–H and O–H groups in total. The Kier molecular flexibility index (Phi) is 10.6. The van der Waals surface area contributed by atoms with E-state index in [1.807, 2.05) is 6.56 Å². The molecule has 0 amide bonds. The molecule has 0 saturated carbocycles. The van der Waals surface area contributed by atoms with Crippen LogP contribution in [0, 0.1) is 0 Å². The Labute approximate surface area is 266 Å². The van der Waals surface area contributed by atoms with Crippen molar-refractivity contribution in [3.05, 3.63) is 40.0 Å². The van der Waals surface area contributed by atoms with Crippen molar-refractivity contribution in [2.75, 3.05) is 0 Å². The minimum absolute atomic E-state index is 0. The van der Waals surface area contributed by atoms with Gasteiger partial charge in [0, 0.05) is 0 Å². The molecule has 0 bridgehead atoms. The number of rotatable bonds is 4. The molecular formula is C32H52Cl2O2Si2Zr. The monoisotopic (exact) mass is 684 g/mol. The van der Waals surface area contributed by atoms with E-state index in [0.29, 0.717) is 12.2 Å². The first-order valence-electron chi connectivity index (χ1n) is 15.2. The fourth-order valence-corrected chi connectivity index (χ4v) is 14.2. The molecule has 1 heterocycles. The minimum Gasteiger partial charge on any atom is -1.00 e. The molecule has 1 aliphatic heterocycles. The van der Waals surface area contributed by atoms with Gasteiger partial charge in [-0.15, -0.1) is 0 Å². The molecule has 218 valence electrons. The fraction of sp³-hybridized carbons (Fsp3) is 0.750. The van der Waals surface area contributed by atoms with Crippen LogP contribution < -0.4 is 24.8 Å². The first-order chi connectivity index (χ1) is 17.1. The van der Waals surface area contributed by atoms with Crippen molar-refractivity contribution < 1.29 is 56.9 Å². The molecule has 0 saturated heterocycles. The number of hydrogen-bond donors (Lipinski definition) is 0. The predicted molar refractivity (Wildman–Crippen MR) is 158 cm³/mol. The SMILES string of the molecule is CC(C)(C)[Si](C)(C)O[C@@H]1C2=C(CCCC2)C2=[C]1[Zr+2][C]1=C(CC2)C2=C(CCCC2)[C@@H]1O[Si](C)(C)C(C)(C)C.[Cl-].[Cl-]. The van der Waals surface area contributed by atoms with Crippen LogP contribution >= 0.6 is 0 Å². The third-order valence-electron chi connectivity index (χ3n) is 10.9. The Morgan fingerprint density at radius 3 is 1.21 bits per heavy atom. The zero-order chi connectivity index (χ0) is 27.0. The van der Waals surface area contributed by atoms with Crippen molar-refractivity contribution in [2.45, 2.75) is 154 Å². The van der Waals surface area contributed by atoms with Gasteiger partial charge in [-0.3, -0.25) is 0 Å². The molecule has 0 aromatic heterocycles. The summed E-state index contributed by atoms with van der Waals surface area (Å²) in [5.41, 5.74) is 10.5. The molecule has 39 heavy (non-hydrogen) atoms. The average molecular weight is 687 g/mol.